The SMILES string of the molecule is O=[N+]([O-])c1cccc([C@@H]2Nc3c(Cl)cc(Cl)c(Cl)c3[C@@H]3C=CC[C@@H]32)c1. The summed E-state index contributed by atoms with van der Waals surface area (Å²) in [4.78, 5) is 10.7. The van der Waals surface area contributed by atoms with E-state index >= 15 is 0 Å². The molecule has 0 fully saturated rings. The zero-order chi connectivity index (χ0) is 17.7. The van der Waals surface area contributed by atoms with Crippen molar-refractivity contribution in [3.05, 3.63) is 78.8 Å². The highest BCUT2D eigenvalue weighted by Gasteiger charge is 2.40. The Morgan fingerprint density at radius 3 is 2.72 bits per heavy atom. The molecule has 3 atom stereocenters. The standard InChI is InChI=1S/C18H13Cl3N2O2/c19-13-8-14(20)18-15(16(13)21)11-5-2-6-12(11)17(22-18)9-3-1-4-10(7-9)23(24)25/h1-5,7-8,11-12,17,22H,6H2/t11-,12+,17+/m1/s1. The highest BCUT2D eigenvalue weighted by Crippen LogP contribution is 2.55. The molecule has 4 nitrogen and oxygen atoms in total. The van der Waals surface area contributed by atoms with E-state index in [4.69, 9.17) is 34.8 Å². The maximum atomic E-state index is 11.1. The zero-order valence-electron chi connectivity index (χ0n) is 12.9. The molecule has 0 unspecified atom stereocenters. The second-order valence-corrected chi connectivity index (χ2v) is 7.46. The molecular weight excluding hydrogens is 383 g/mol. The Labute approximate surface area is 159 Å². The minimum Gasteiger partial charge on any atom is -0.376 e. The smallest absolute Gasteiger partial charge is 0.269 e. The third-order valence-electron chi connectivity index (χ3n) is 4.92. The summed E-state index contributed by atoms with van der Waals surface area (Å²) in [5, 5.41) is 16.0. The van der Waals surface area contributed by atoms with E-state index < -0.39 is 0 Å². The van der Waals surface area contributed by atoms with Gasteiger partial charge in [-0.15, -0.1) is 0 Å². The van der Waals surface area contributed by atoms with Crippen LogP contribution in [-0.4, -0.2) is 4.92 Å². The summed E-state index contributed by atoms with van der Waals surface area (Å²) in [5.41, 5.74) is 2.59. The fourth-order valence-corrected chi connectivity index (χ4v) is 4.63. The lowest BCUT2D eigenvalue weighted by Gasteiger charge is -2.38. The molecular formula is C18H13Cl3N2O2. The average molecular weight is 396 g/mol. The van der Waals surface area contributed by atoms with Crippen molar-refractivity contribution in [1.82, 2.24) is 0 Å². The molecule has 1 aliphatic heterocycles. The van der Waals surface area contributed by atoms with Crippen LogP contribution in [0.25, 0.3) is 0 Å². The quantitative estimate of drug-likeness (QED) is 0.278. The number of benzene rings is 2. The predicted octanol–water partition coefficient (Wildman–Crippen LogP) is 6.38. The van der Waals surface area contributed by atoms with Crippen molar-refractivity contribution in [3.63, 3.8) is 0 Å². The van der Waals surface area contributed by atoms with Crippen LogP contribution in [-0.2, 0) is 0 Å². The maximum absolute atomic E-state index is 11.1. The Kier molecular flexibility index (Phi) is 4.14. The first-order valence-corrected chi connectivity index (χ1v) is 8.95. The van der Waals surface area contributed by atoms with Crippen LogP contribution < -0.4 is 5.32 Å². The Hall–Kier alpha value is -1.75. The van der Waals surface area contributed by atoms with E-state index in [2.05, 4.69) is 17.5 Å². The monoisotopic (exact) mass is 394 g/mol. The van der Waals surface area contributed by atoms with Crippen molar-refractivity contribution >= 4 is 46.2 Å². The molecule has 0 amide bonds. The molecule has 0 saturated heterocycles. The Morgan fingerprint density at radius 2 is 1.96 bits per heavy atom. The van der Waals surface area contributed by atoms with Crippen LogP contribution in [0.3, 0.4) is 0 Å². The molecule has 2 aliphatic rings. The number of nitro groups is 1. The van der Waals surface area contributed by atoms with Crippen molar-refractivity contribution in [3.8, 4) is 0 Å². The fourth-order valence-electron chi connectivity index (χ4n) is 3.82. The summed E-state index contributed by atoms with van der Waals surface area (Å²) in [5.74, 6) is 0.269. The number of fused-ring (bicyclic) bond motifs is 3. The lowest BCUT2D eigenvalue weighted by Crippen LogP contribution is -2.29. The van der Waals surface area contributed by atoms with Crippen molar-refractivity contribution < 1.29 is 4.92 Å². The van der Waals surface area contributed by atoms with E-state index in [1.54, 1.807) is 18.2 Å². The number of anilines is 1. The van der Waals surface area contributed by atoms with E-state index in [1.165, 1.54) is 6.07 Å². The summed E-state index contributed by atoms with van der Waals surface area (Å²) in [6.07, 6.45) is 5.08. The Balaban J connectivity index is 1.85. The maximum Gasteiger partial charge on any atom is 0.269 e. The van der Waals surface area contributed by atoms with Gasteiger partial charge in [-0.05, 0) is 24.0 Å². The summed E-state index contributed by atoms with van der Waals surface area (Å²) < 4.78 is 0. The second-order valence-electron chi connectivity index (χ2n) is 6.27. The molecule has 2 aromatic rings. The first-order chi connectivity index (χ1) is 12.0. The third-order valence-corrected chi connectivity index (χ3v) is 6.02. The Morgan fingerprint density at radius 1 is 1.16 bits per heavy atom. The van der Waals surface area contributed by atoms with E-state index in [1.807, 2.05) is 6.07 Å². The highest BCUT2D eigenvalue weighted by atomic mass is 35.5. The number of halogens is 3. The van der Waals surface area contributed by atoms with Crippen LogP contribution in [0.2, 0.25) is 15.1 Å². The molecule has 0 aromatic heterocycles. The minimum atomic E-state index is -0.381. The van der Waals surface area contributed by atoms with Crippen LogP contribution in [0.15, 0.2) is 42.5 Å². The van der Waals surface area contributed by atoms with E-state index in [0.29, 0.717) is 15.1 Å². The van der Waals surface area contributed by atoms with Gasteiger partial charge in [0.05, 0.1) is 31.7 Å². The molecule has 0 radical (unpaired) electrons. The lowest BCUT2D eigenvalue weighted by atomic mass is 9.77. The van der Waals surface area contributed by atoms with Gasteiger partial charge in [-0.25, -0.2) is 0 Å². The minimum absolute atomic E-state index is 0.0733. The number of non-ortho nitro benzene ring substituents is 1. The van der Waals surface area contributed by atoms with Crippen molar-refractivity contribution in [2.24, 2.45) is 5.92 Å². The Bertz CT molecular complexity index is 913. The first-order valence-electron chi connectivity index (χ1n) is 7.82. The molecule has 0 bridgehead atoms. The van der Waals surface area contributed by atoms with Crippen LogP contribution in [0, 0.1) is 16.0 Å². The van der Waals surface area contributed by atoms with Gasteiger partial charge < -0.3 is 5.32 Å². The van der Waals surface area contributed by atoms with Crippen LogP contribution >= 0.6 is 34.8 Å². The van der Waals surface area contributed by atoms with Gasteiger partial charge in [0.15, 0.2) is 0 Å². The average Bonchev–Trinajstić information content (AvgIpc) is 3.08. The number of nitrogens with one attached hydrogen (secondary N) is 1. The fraction of sp³-hybridized carbons (Fsp3) is 0.222. The van der Waals surface area contributed by atoms with Gasteiger partial charge in [0.2, 0.25) is 0 Å². The van der Waals surface area contributed by atoms with Gasteiger partial charge in [-0.3, -0.25) is 10.1 Å². The number of allylic oxidation sites excluding steroid dienone is 2. The van der Waals surface area contributed by atoms with Crippen molar-refractivity contribution in [2.45, 2.75) is 18.4 Å². The molecule has 2 aromatic carbocycles. The molecule has 4 rings (SSSR count). The number of hydrogen-bond donors (Lipinski definition) is 1. The molecule has 1 N–H and O–H groups in total. The van der Waals surface area contributed by atoms with Gasteiger partial charge >= 0.3 is 0 Å². The van der Waals surface area contributed by atoms with E-state index in [9.17, 15) is 10.1 Å². The van der Waals surface area contributed by atoms with Gasteiger partial charge in [0.1, 0.15) is 0 Å². The molecule has 1 aliphatic carbocycles. The molecule has 0 spiro atoms. The summed E-state index contributed by atoms with van der Waals surface area (Å²) in [6.45, 7) is 0. The normalized spacial score (nSPS) is 23.7. The van der Waals surface area contributed by atoms with Gasteiger partial charge in [-0.2, -0.15) is 0 Å². The van der Waals surface area contributed by atoms with Gasteiger partial charge in [0, 0.05) is 23.6 Å². The topological polar surface area (TPSA) is 55.2 Å². The number of rotatable bonds is 2. The highest BCUT2D eigenvalue weighted by molar-refractivity contribution is 6.44. The zero-order valence-corrected chi connectivity index (χ0v) is 15.1. The molecule has 7 heteroatoms. The predicted molar refractivity (Wildman–Crippen MR) is 101 cm³/mol. The van der Waals surface area contributed by atoms with Crippen molar-refractivity contribution in [1.29, 1.82) is 0 Å². The van der Waals surface area contributed by atoms with Gasteiger partial charge in [0.25, 0.3) is 5.69 Å². The molecule has 0 saturated carbocycles. The van der Waals surface area contributed by atoms with Crippen molar-refractivity contribution in [2.75, 3.05) is 5.32 Å². The number of hydrogen-bond acceptors (Lipinski definition) is 3. The summed E-state index contributed by atoms with van der Waals surface area (Å²) in [7, 11) is 0. The molecule has 128 valence electrons. The summed E-state index contributed by atoms with van der Waals surface area (Å²) >= 11 is 19.1. The lowest BCUT2D eigenvalue weighted by molar-refractivity contribution is -0.384. The van der Waals surface area contributed by atoms with E-state index in [0.717, 1.165) is 23.2 Å². The van der Waals surface area contributed by atoms with Gasteiger partial charge in [-0.1, -0.05) is 59.1 Å². The summed E-state index contributed by atoms with van der Waals surface area (Å²) in [6, 6.07) is 8.25. The molecule has 25 heavy (non-hydrogen) atoms. The second kappa shape index (κ2) is 6.20. The van der Waals surface area contributed by atoms with Crippen LogP contribution in [0.5, 0.6) is 0 Å². The molecule has 1 heterocycles. The van der Waals surface area contributed by atoms with Crippen LogP contribution in [0.1, 0.15) is 29.5 Å². The van der Waals surface area contributed by atoms with E-state index in [-0.39, 0.29) is 28.5 Å². The first kappa shape index (κ1) is 16.7. The van der Waals surface area contributed by atoms with Crippen LogP contribution in [0.4, 0.5) is 11.4 Å². The largest absolute Gasteiger partial charge is 0.376 e. The number of nitrogens with zero attached hydrogens (tertiary/aromatic N) is 1. The number of nitro benzene ring substituents is 1. The third kappa shape index (κ3) is 2.69.